The van der Waals surface area contributed by atoms with Crippen LogP contribution in [0.2, 0.25) is 0 Å². The lowest BCUT2D eigenvalue weighted by Crippen LogP contribution is -2.08. The Labute approximate surface area is 153 Å². The summed E-state index contributed by atoms with van der Waals surface area (Å²) >= 11 is 1.10. The third-order valence-electron chi connectivity index (χ3n) is 3.45. The van der Waals surface area contributed by atoms with E-state index in [1.807, 2.05) is 30.3 Å². The smallest absolute Gasteiger partial charge is 0.316 e. The third-order valence-corrected chi connectivity index (χ3v) is 4.27. The van der Waals surface area contributed by atoms with E-state index < -0.39 is 5.97 Å². The molecule has 134 valence electrons. The maximum atomic E-state index is 11.6. The van der Waals surface area contributed by atoms with Crippen LogP contribution in [0.3, 0.4) is 0 Å². The highest BCUT2D eigenvalue weighted by molar-refractivity contribution is 7.99. The topological polar surface area (TPSA) is 116 Å². The molecule has 0 spiro atoms. The molecule has 0 aliphatic carbocycles. The largest absolute Gasteiger partial charge is 0.480 e. The second kappa shape index (κ2) is 7.87. The van der Waals surface area contributed by atoms with E-state index in [2.05, 4.69) is 21.5 Å². The number of fused-ring (bicyclic) bond motifs is 1. The summed E-state index contributed by atoms with van der Waals surface area (Å²) in [5.74, 6) is -0.228. The first-order valence-corrected chi connectivity index (χ1v) is 8.73. The average Bonchev–Trinajstić information content (AvgIpc) is 2.95. The SMILES string of the molecule is C=CCOC(=O)CSc1nc(N)c2nc(O)n(Cc3ccccc3)c2n1. The van der Waals surface area contributed by atoms with E-state index in [1.54, 1.807) is 4.57 Å². The number of nitrogen functional groups attached to an aromatic ring is 1. The normalized spacial score (nSPS) is 10.8. The zero-order chi connectivity index (χ0) is 18.5. The molecule has 2 heterocycles. The summed E-state index contributed by atoms with van der Waals surface area (Å²) in [6.07, 6.45) is 1.49. The summed E-state index contributed by atoms with van der Waals surface area (Å²) in [6.45, 7) is 4.02. The van der Waals surface area contributed by atoms with E-state index in [0.29, 0.717) is 22.9 Å². The summed E-state index contributed by atoms with van der Waals surface area (Å²) in [5.41, 5.74) is 7.63. The maximum absolute atomic E-state index is 11.6. The Hall–Kier alpha value is -3.07. The molecule has 0 atom stereocenters. The monoisotopic (exact) mass is 371 g/mol. The molecule has 3 rings (SSSR count). The third kappa shape index (κ3) is 3.94. The molecule has 9 heteroatoms. The van der Waals surface area contributed by atoms with Crippen LogP contribution in [0.5, 0.6) is 6.01 Å². The van der Waals surface area contributed by atoms with Gasteiger partial charge in [-0.25, -0.2) is 9.97 Å². The van der Waals surface area contributed by atoms with Crippen molar-refractivity contribution in [3.05, 3.63) is 48.6 Å². The fourth-order valence-corrected chi connectivity index (χ4v) is 2.93. The Bertz CT molecular complexity index is 942. The van der Waals surface area contributed by atoms with Crippen LogP contribution < -0.4 is 5.73 Å². The Morgan fingerprint density at radius 2 is 2.08 bits per heavy atom. The van der Waals surface area contributed by atoms with Gasteiger partial charge in [0.25, 0.3) is 6.01 Å². The first-order valence-electron chi connectivity index (χ1n) is 7.74. The highest BCUT2D eigenvalue weighted by Gasteiger charge is 2.17. The van der Waals surface area contributed by atoms with Crippen molar-refractivity contribution in [3.63, 3.8) is 0 Å². The number of nitrogens with zero attached hydrogens (tertiary/aromatic N) is 4. The van der Waals surface area contributed by atoms with Crippen molar-refractivity contribution in [2.45, 2.75) is 11.7 Å². The molecule has 0 aliphatic rings. The van der Waals surface area contributed by atoms with Crippen LogP contribution in [-0.4, -0.2) is 43.0 Å². The van der Waals surface area contributed by atoms with Gasteiger partial charge in [-0.2, -0.15) is 4.98 Å². The molecule has 26 heavy (non-hydrogen) atoms. The molecule has 0 unspecified atom stereocenters. The van der Waals surface area contributed by atoms with Crippen molar-refractivity contribution >= 4 is 34.7 Å². The molecule has 3 aromatic rings. The van der Waals surface area contributed by atoms with Gasteiger partial charge < -0.3 is 15.6 Å². The van der Waals surface area contributed by atoms with Crippen molar-refractivity contribution in [1.29, 1.82) is 0 Å². The van der Waals surface area contributed by atoms with Gasteiger partial charge in [-0.15, -0.1) is 0 Å². The Balaban J connectivity index is 1.87. The Kier molecular flexibility index (Phi) is 5.37. The standard InChI is InChI=1S/C17H17N5O3S/c1-2-8-25-12(23)10-26-16-20-14(18)13-15(21-16)22(17(24)19-13)9-11-6-4-3-5-7-11/h2-7H,1,8-10H2,(H,19,24)(H2,18,20,21). The Morgan fingerprint density at radius 3 is 2.81 bits per heavy atom. The minimum atomic E-state index is -0.405. The fourth-order valence-electron chi connectivity index (χ4n) is 2.28. The zero-order valence-electron chi connectivity index (χ0n) is 13.8. The quantitative estimate of drug-likeness (QED) is 0.280. The number of carbonyl (C=O) groups excluding carboxylic acids is 1. The molecule has 0 saturated heterocycles. The maximum Gasteiger partial charge on any atom is 0.316 e. The number of esters is 1. The lowest BCUT2D eigenvalue weighted by Gasteiger charge is -2.06. The van der Waals surface area contributed by atoms with Crippen LogP contribution >= 0.6 is 11.8 Å². The van der Waals surface area contributed by atoms with E-state index in [9.17, 15) is 9.90 Å². The predicted octanol–water partition coefficient (Wildman–Crippen LogP) is 1.98. The van der Waals surface area contributed by atoms with Crippen LogP contribution in [0.1, 0.15) is 5.56 Å². The number of anilines is 1. The van der Waals surface area contributed by atoms with E-state index in [1.165, 1.54) is 6.08 Å². The van der Waals surface area contributed by atoms with Crippen LogP contribution in [0.15, 0.2) is 48.1 Å². The second-order valence-corrected chi connectivity index (χ2v) is 6.25. The number of benzene rings is 1. The van der Waals surface area contributed by atoms with Crippen LogP contribution in [0.4, 0.5) is 5.82 Å². The lowest BCUT2D eigenvalue weighted by molar-refractivity contribution is -0.139. The van der Waals surface area contributed by atoms with Gasteiger partial charge in [-0.05, 0) is 5.56 Å². The van der Waals surface area contributed by atoms with Crippen molar-refractivity contribution in [2.24, 2.45) is 0 Å². The first-order chi connectivity index (χ1) is 12.6. The number of imidazole rings is 1. The first kappa shape index (κ1) is 17.7. The van der Waals surface area contributed by atoms with Crippen LogP contribution in [0, 0.1) is 0 Å². The van der Waals surface area contributed by atoms with Crippen LogP contribution in [0.25, 0.3) is 11.2 Å². The summed E-state index contributed by atoms with van der Waals surface area (Å²) in [4.78, 5) is 24.2. The zero-order valence-corrected chi connectivity index (χ0v) is 14.6. The molecule has 1 aromatic carbocycles. The number of aromatic hydroxyl groups is 1. The number of rotatable bonds is 7. The fraction of sp³-hybridized carbons (Fsp3) is 0.176. The number of hydrogen-bond acceptors (Lipinski definition) is 8. The molecular formula is C17H17N5O3S. The van der Waals surface area contributed by atoms with Crippen LogP contribution in [-0.2, 0) is 16.1 Å². The lowest BCUT2D eigenvalue weighted by atomic mass is 10.2. The molecule has 0 radical (unpaired) electrons. The number of carbonyl (C=O) groups is 1. The van der Waals surface area contributed by atoms with Gasteiger partial charge in [0, 0.05) is 0 Å². The Morgan fingerprint density at radius 1 is 1.31 bits per heavy atom. The molecule has 0 aliphatic heterocycles. The number of aromatic nitrogens is 4. The minimum Gasteiger partial charge on any atom is -0.480 e. The van der Waals surface area contributed by atoms with Gasteiger partial charge in [0.05, 0.1) is 12.3 Å². The highest BCUT2D eigenvalue weighted by atomic mass is 32.2. The average molecular weight is 371 g/mol. The highest BCUT2D eigenvalue weighted by Crippen LogP contribution is 2.26. The molecule has 3 N–H and O–H groups in total. The molecule has 2 aromatic heterocycles. The molecule has 0 amide bonds. The summed E-state index contributed by atoms with van der Waals surface area (Å²) < 4.78 is 6.46. The molecule has 8 nitrogen and oxygen atoms in total. The van der Waals surface area contributed by atoms with Gasteiger partial charge in [0.15, 0.2) is 22.1 Å². The molecule has 0 bridgehead atoms. The molecular weight excluding hydrogens is 354 g/mol. The van der Waals surface area contributed by atoms with Crippen molar-refractivity contribution in [1.82, 2.24) is 19.5 Å². The van der Waals surface area contributed by atoms with Gasteiger partial charge in [0.1, 0.15) is 6.61 Å². The summed E-state index contributed by atoms with van der Waals surface area (Å²) in [7, 11) is 0. The van der Waals surface area contributed by atoms with E-state index >= 15 is 0 Å². The summed E-state index contributed by atoms with van der Waals surface area (Å²) in [5, 5.41) is 10.5. The van der Waals surface area contributed by atoms with E-state index in [4.69, 9.17) is 10.5 Å². The number of ether oxygens (including phenoxy) is 1. The van der Waals surface area contributed by atoms with Crippen molar-refractivity contribution in [3.8, 4) is 6.01 Å². The molecule has 0 saturated carbocycles. The van der Waals surface area contributed by atoms with Gasteiger partial charge in [-0.3, -0.25) is 9.36 Å². The van der Waals surface area contributed by atoms with Crippen molar-refractivity contribution < 1.29 is 14.6 Å². The van der Waals surface area contributed by atoms with E-state index in [-0.39, 0.29) is 24.2 Å². The van der Waals surface area contributed by atoms with Gasteiger partial charge in [0.2, 0.25) is 0 Å². The number of nitrogens with two attached hydrogens (primary N) is 1. The van der Waals surface area contributed by atoms with Crippen molar-refractivity contribution in [2.75, 3.05) is 18.1 Å². The van der Waals surface area contributed by atoms with Gasteiger partial charge >= 0.3 is 5.97 Å². The summed E-state index contributed by atoms with van der Waals surface area (Å²) in [6, 6.07) is 9.39. The predicted molar refractivity (Wildman–Crippen MR) is 98.8 cm³/mol. The number of hydrogen-bond donors (Lipinski definition) is 2. The number of thioether (sulfide) groups is 1. The van der Waals surface area contributed by atoms with E-state index in [0.717, 1.165) is 17.3 Å². The second-order valence-electron chi connectivity index (χ2n) is 5.31. The molecule has 0 fully saturated rings. The van der Waals surface area contributed by atoms with Gasteiger partial charge in [-0.1, -0.05) is 54.7 Å². The minimum absolute atomic E-state index is 0.0393.